The third kappa shape index (κ3) is 4.07. The highest BCUT2D eigenvalue weighted by Crippen LogP contribution is 2.29. The van der Waals surface area contributed by atoms with E-state index in [2.05, 4.69) is 9.97 Å². The van der Waals surface area contributed by atoms with Crippen molar-refractivity contribution < 1.29 is 27.5 Å². The number of aromatic nitrogens is 2. The third-order valence-electron chi connectivity index (χ3n) is 3.68. The molecule has 0 aromatic carbocycles. The molecular weight excluding hydrogens is 356 g/mol. The highest BCUT2D eigenvalue weighted by Gasteiger charge is 2.32. The summed E-state index contributed by atoms with van der Waals surface area (Å²) in [6, 6.07) is 3.01. The molecule has 26 heavy (non-hydrogen) atoms. The van der Waals surface area contributed by atoms with Crippen molar-refractivity contribution in [2.75, 3.05) is 11.9 Å². The zero-order chi connectivity index (χ0) is 19.6. The number of likely N-dealkylation sites (N-methyl/N-ethyl adjacent to an activating group) is 1. The van der Waals surface area contributed by atoms with Crippen LogP contribution in [0.4, 0.5) is 23.4 Å². The number of carbonyl (C=O) groups excluding carboxylic acids is 1. The van der Waals surface area contributed by atoms with Gasteiger partial charge < -0.3 is 15.7 Å². The Morgan fingerprint density at radius 2 is 1.92 bits per heavy atom. The second-order valence-electron chi connectivity index (χ2n) is 5.63. The SMILES string of the molecule is C[C@@H](O)[C@@H](C(N)=O)N(C)c1nc(-c2ccc(C(F)(F)F)nc2)ccc1F. The fourth-order valence-corrected chi connectivity index (χ4v) is 2.44. The summed E-state index contributed by atoms with van der Waals surface area (Å²) in [5.41, 5.74) is 4.52. The molecule has 0 spiro atoms. The van der Waals surface area contributed by atoms with Gasteiger partial charge in [0.25, 0.3) is 0 Å². The molecule has 0 aliphatic rings. The maximum absolute atomic E-state index is 14.1. The fraction of sp³-hybridized carbons (Fsp3) is 0.312. The van der Waals surface area contributed by atoms with Gasteiger partial charge in [0.05, 0.1) is 11.8 Å². The number of carbonyl (C=O) groups is 1. The van der Waals surface area contributed by atoms with Gasteiger partial charge in [-0.2, -0.15) is 13.2 Å². The molecule has 10 heteroatoms. The molecule has 0 aliphatic carbocycles. The van der Waals surface area contributed by atoms with Crippen molar-refractivity contribution in [3.05, 3.63) is 42.0 Å². The van der Waals surface area contributed by atoms with Crippen LogP contribution in [0.25, 0.3) is 11.3 Å². The first-order chi connectivity index (χ1) is 12.0. The van der Waals surface area contributed by atoms with Crippen LogP contribution >= 0.6 is 0 Å². The van der Waals surface area contributed by atoms with Crippen molar-refractivity contribution in [2.45, 2.75) is 25.2 Å². The van der Waals surface area contributed by atoms with Crippen LogP contribution in [-0.2, 0) is 11.0 Å². The minimum Gasteiger partial charge on any atom is -0.391 e. The molecule has 140 valence electrons. The van der Waals surface area contributed by atoms with Crippen molar-refractivity contribution in [3.63, 3.8) is 0 Å². The van der Waals surface area contributed by atoms with E-state index in [1.165, 1.54) is 20.0 Å². The Kier molecular flexibility index (Phi) is 5.45. The quantitative estimate of drug-likeness (QED) is 0.783. The van der Waals surface area contributed by atoms with Gasteiger partial charge in [0, 0.05) is 18.8 Å². The van der Waals surface area contributed by atoms with Crippen molar-refractivity contribution in [2.24, 2.45) is 5.73 Å². The lowest BCUT2D eigenvalue weighted by molar-refractivity contribution is -0.141. The number of aliphatic hydroxyl groups is 1. The van der Waals surface area contributed by atoms with Gasteiger partial charge >= 0.3 is 6.18 Å². The van der Waals surface area contributed by atoms with Crippen LogP contribution in [-0.4, -0.2) is 40.2 Å². The molecule has 2 atom stereocenters. The molecule has 0 radical (unpaired) electrons. The molecule has 1 amide bonds. The molecule has 2 rings (SSSR count). The molecule has 0 unspecified atom stereocenters. The van der Waals surface area contributed by atoms with Crippen molar-refractivity contribution >= 4 is 11.7 Å². The minimum atomic E-state index is -4.58. The van der Waals surface area contributed by atoms with Crippen LogP contribution in [0, 0.1) is 5.82 Å². The number of hydrogen-bond donors (Lipinski definition) is 2. The standard InChI is InChI=1S/C16H16F4N4O2/c1-8(25)13(14(21)26)24(2)15-10(17)4-5-11(23-15)9-3-6-12(22-7-9)16(18,19)20/h3-8,13,25H,1-2H3,(H2,21,26)/t8-,13+/m1/s1. The van der Waals surface area contributed by atoms with Gasteiger partial charge in [-0.05, 0) is 31.2 Å². The highest BCUT2D eigenvalue weighted by atomic mass is 19.4. The summed E-state index contributed by atoms with van der Waals surface area (Å²) in [4.78, 5) is 19.9. The van der Waals surface area contributed by atoms with Gasteiger partial charge in [-0.25, -0.2) is 9.37 Å². The topological polar surface area (TPSA) is 92.3 Å². The maximum Gasteiger partial charge on any atom is 0.433 e. The molecule has 3 N–H and O–H groups in total. The number of nitrogens with zero attached hydrogens (tertiary/aromatic N) is 3. The first-order valence-electron chi connectivity index (χ1n) is 7.42. The van der Waals surface area contributed by atoms with Gasteiger partial charge in [-0.1, -0.05) is 0 Å². The molecular formula is C16H16F4N4O2. The molecule has 0 bridgehead atoms. The number of pyridine rings is 2. The van der Waals surface area contributed by atoms with E-state index in [0.29, 0.717) is 0 Å². The van der Waals surface area contributed by atoms with Gasteiger partial charge in [0.1, 0.15) is 11.7 Å². The Labute approximate surface area is 146 Å². The fourth-order valence-electron chi connectivity index (χ4n) is 2.44. The van der Waals surface area contributed by atoms with Gasteiger partial charge in [0.15, 0.2) is 11.6 Å². The zero-order valence-corrected chi connectivity index (χ0v) is 13.8. The zero-order valence-electron chi connectivity index (χ0n) is 13.8. The molecule has 6 nitrogen and oxygen atoms in total. The Bertz CT molecular complexity index is 794. The summed E-state index contributed by atoms with van der Waals surface area (Å²) in [5.74, 6) is -1.96. The van der Waals surface area contributed by atoms with Crippen LogP contribution < -0.4 is 10.6 Å². The molecule has 2 heterocycles. The predicted octanol–water partition coefficient (Wildman–Crippen LogP) is 1.97. The van der Waals surface area contributed by atoms with E-state index in [4.69, 9.17) is 5.73 Å². The summed E-state index contributed by atoms with van der Waals surface area (Å²) in [6.45, 7) is 1.31. The Balaban J connectivity index is 2.42. The number of aliphatic hydroxyl groups excluding tert-OH is 1. The normalized spacial score (nSPS) is 14.0. The van der Waals surface area contributed by atoms with E-state index >= 15 is 0 Å². The summed E-state index contributed by atoms with van der Waals surface area (Å²) in [6.07, 6.45) is -4.81. The van der Waals surface area contributed by atoms with Crippen LogP contribution in [0.5, 0.6) is 0 Å². The number of anilines is 1. The van der Waals surface area contributed by atoms with E-state index in [1.54, 1.807) is 0 Å². The second kappa shape index (κ2) is 7.24. The van der Waals surface area contributed by atoms with Crippen LogP contribution in [0.1, 0.15) is 12.6 Å². The number of hydrogen-bond acceptors (Lipinski definition) is 5. The lowest BCUT2D eigenvalue weighted by atomic mass is 10.1. The maximum atomic E-state index is 14.1. The van der Waals surface area contributed by atoms with Crippen LogP contribution in [0.3, 0.4) is 0 Å². The lowest BCUT2D eigenvalue weighted by Gasteiger charge is -2.29. The first kappa shape index (κ1) is 19.6. The Morgan fingerprint density at radius 1 is 1.27 bits per heavy atom. The molecule has 2 aromatic rings. The number of nitrogens with two attached hydrogens (primary N) is 1. The third-order valence-corrected chi connectivity index (χ3v) is 3.68. The average molecular weight is 372 g/mol. The molecule has 0 fully saturated rings. The predicted molar refractivity (Wildman–Crippen MR) is 85.5 cm³/mol. The van der Waals surface area contributed by atoms with E-state index in [9.17, 15) is 27.5 Å². The first-order valence-corrected chi connectivity index (χ1v) is 7.42. The molecule has 0 saturated carbocycles. The number of primary amides is 1. The lowest BCUT2D eigenvalue weighted by Crippen LogP contribution is -2.50. The summed E-state index contributed by atoms with van der Waals surface area (Å²) >= 11 is 0. The molecule has 0 saturated heterocycles. The van der Waals surface area contributed by atoms with E-state index in [-0.39, 0.29) is 17.1 Å². The number of alkyl halides is 3. The molecule has 2 aromatic heterocycles. The smallest absolute Gasteiger partial charge is 0.391 e. The van der Waals surface area contributed by atoms with Crippen molar-refractivity contribution in [1.29, 1.82) is 0 Å². The second-order valence-corrected chi connectivity index (χ2v) is 5.63. The van der Waals surface area contributed by atoms with Crippen LogP contribution in [0.15, 0.2) is 30.5 Å². The van der Waals surface area contributed by atoms with E-state index in [1.807, 2.05) is 0 Å². The van der Waals surface area contributed by atoms with Gasteiger partial charge in [-0.15, -0.1) is 0 Å². The Morgan fingerprint density at radius 3 is 2.38 bits per heavy atom. The van der Waals surface area contributed by atoms with Gasteiger partial charge in [0.2, 0.25) is 5.91 Å². The number of halogens is 4. The summed E-state index contributed by atoms with van der Waals surface area (Å²) in [5, 5.41) is 9.69. The van der Waals surface area contributed by atoms with E-state index in [0.717, 1.165) is 29.3 Å². The average Bonchev–Trinajstić information content (AvgIpc) is 2.53. The van der Waals surface area contributed by atoms with E-state index < -0.39 is 35.7 Å². The van der Waals surface area contributed by atoms with Crippen LogP contribution in [0.2, 0.25) is 0 Å². The van der Waals surface area contributed by atoms with Gasteiger partial charge in [-0.3, -0.25) is 9.78 Å². The monoisotopic (exact) mass is 372 g/mol. The highest BCUT2D eigenvalue weighted by molar-refractivity contribution is 5.84. The minimum absolute atomic E-state index is 0.142. The van der Waals surface area contributed by atoms with Crippen molar-refractivity contribution in [1.82, 2.24) is 9.97 Å². The number of amides is 1. The number of rotatable bonds is 5. The summed E-state index contributed by atoms with van der Waals surface area (Å²) < 4.78 is 51.9. The van der Waals surface area contributed by atoms with Crippen molar-refractivity contribution in [3.8, 4) is 11.3 Å². The largest absolute Gasteiger partial charge is 0.433 e. The summed E-state index contributed by atoms with van der Waals surface area (Å²) in [7, 11) is 1.32. The molecule has 0 aliphatic heterocycles. The Hall–Kier alpha value is -2.75.